The van der Waals surface area contributed by atoms with Gasteiger partial charge in [-0.1, -0.05) is 47.5 Å². The van der Waals surface area contributed by atoms with Crippen LogP contribution in [-0.4, -0.2) is 24.6 Å². The molecule has 0 saturated heterocycles. The average molecular weight is 375 g/mol. The third kappa shape index (κ3) is 5.05. The number of carbonyl (C=O) groups is 1. The molecule has 0 aromatic heterocycles. The second-order valence-corrected chi connectivity index (χ2v) is 6.40. The summed E-state index contributed by atoms with van der Waals surface area (Å²) in [7, 11) is 0. The van der Waals surface area contributed by atoms with Gasteiger partial charge in [0.1, 0.15) is 6.34 Å². The van der Waals surface area contributed by atoms with E-state index in [0.717, 1.165) is 12.0 Å². The molecule has 0 bridgehead atoms. The highest BCUT2D eigenvalue weighted by atomic mass is 35.5. The van der Waals surface area contributed by atoms with Gasteiger partial charge in [0.2, 0.25) is 0 Å². The molecule has 1 aliphatic rings. The standard InChI is InChI=1S/C18H16Cl2N4O/c19-16-6-5-14(8-17(16)20)24-18(25)22-9-13-3-1-12(2-4-13)7-15-10-21-11-23-15/h1-6,8,10-11,15H,7,9H2,(H2,22,24,25). The number of halogens is 2. The summed E-state index contributed by atoms with van der Waals surface area (Å²) in [6, 6.07) is 12.8. The normalized spacial score (nSPS) is 15.4. The largest absolute Gasteiger partial charge is 0.334 e. The van der Waals surface area contributed by atoms with E-state index >= 15 is 0 Å². The second-order valence-electron chi connectivity index (χ2n) is 5.59. The predicted octanol–water partition coefficient (Wildman–Crippen LogP) is 4.34. The Morgan fingerprint density at radius 1 is 1.04 bits per heavy atom. The van der Waals surface area contributed by atoms with Crippen molar-refractivity contribution >= 4 is 47.5 Å². The number of amides is 2. The van der Waals surface area contributed by atoms with Gasteiger partial charge in [-0.2, -0.15) is 0 Å². The van der Waals surface area contributed by atoms with Crippen LogP contribution >= 0.6 is 23.2 Å². The van der Waals surface area contributed by atoms with Crippen LogP contribution in [0, 0.1) is 0 Å². The summed E-state index contributed by atoms with van der Waals surface area (Å²) in [5.41, 5.74) is 2.78. The molecule has 0 spiro atoms. The predicted molar refractivity (Wildman–Crippen MR) is 103 cm³/mol. The number of aliphatic imine (C=N–C) groups is 2. The van der Waals surface area contributed by atoms with Crippen LogP contribution in [0.25, 0.3) is 0 Å². The van der Waals surface area contributed by atoms with Gasteiger partial charge in [-0.3, -0.25) is 4.99 Å². The van der Waals surface area contributed by atoms with Gasteiger partial charge in [0.15, 0.2) is 0 Å². The number of anilines is 1. The molecule has 1 heterocycles. The lowest BCUT2D eigenvalue weighted by Gasteiger charge is -2.09. The maximum Gasteiger partial charge on any atom is 0.319 e. The van der Waals surface area contributed by atoms with Crippen LogP contribution in [-0.2, 0) is 13.0 Å². The Labute approximate surface area is 155 Å². The Kier molecular flexibility index (Phi) is 5.68. The number of nitrogens with zero attached hydrogens (tertiary/aromatic N) is 2. The van der Waals surface area contributed by atoms with E-state index in [9.17, 15) is 4.79 Å². The summed E-state index contributed by atoms with van der Waals surface area (Å²) < 4.78 is 0. The summed E-state index contributed by atoms with van der Waals surface area (Å²) in [6.07, 6.45) is 4.24. The maximum atomic E-state index is 12.0. The molecule has 25 heavy (non-hydrogen) atoms. The molecule has 0 fully saturated rings. The minimum Gasteiger partial charge on any atom is -0.334 e. The first-order valence-electron chi connectivity index (χ1n) is 7.73. The van der Waals surface area contributed by atoms with Crippen molar-refractivity contribution < 1.29 is 4.79 Å². The molecule has 2 aromatic carbocycles. The molecular formula is C18H16Cl2N4O. The van der Waals surface area contributed by atoms with Crippen molar-refractivity contribution in [2.24, 2.45) is 9.98 Å². The van der Waals surface area contributed by atoms with E-state index in [0.29, 0.717) is 22.3 Å². The van der Waals surface area contributed by atoms with E-state index in [4.69, 9.17) is 23.2 Å². The Hall–Kier alpha value is -2.37. The lowest BCUT2D eigenvalue weighted by atomic mass is 10.1. The zero-order valence-corrected chi connectivity index (χ0v) is 14.8. The van der Waals surface area contributed by atoms with Gasteiger partial charge in [0, 0.05) is 18.4 Å². The Morgan fingerprint density at radius 3 is 2.48 bits per heavy atom. The average Bonchev–Trinajstić information content (AvgIpc) is 3.11. The molecule has 0 aliphatic carbocycles. The number of benzene rings is 2. The quantitative estimate of drug-likeness (QED) is 0.802. The molecule has 0 saturated carbocycles. The van der Waals surface area contributed by atoms with Crippen LogP contribution in [0.2, 0.25) is 10.0 Å². The highest BCUT2D eigenvalue weighted by Gasteiger charge is 2.08. The molecule has 7 heteroatoms. The number of hydrogen-bond acceptors (Lipinski definition) is 3. The van der Waals surface area contributed by atoms with E-state index in [1.165, 1.54) is 5.56 Å². The first-order chi connectivity index (χ1) is 12.1. The molecule has 0 radical (unpaired) electrons. The van der Waals surface area contributed by atoms with Crippen molar-refractivity contribution in [2.45, 2.75) is 19.0 Å². The third-order valence-corrected chi connectivity index (χ3v) is 4.42. The van der Waals surface area contributed by atoms with Gasteiger partial charge in [-0.25, -0.2) is 9.79 Å². The van der Waals surface area contributed by atoms with Crippen molar-refractivity contribution in [3.05, 3.63) is 63.6 Å². The smallest absolute Gasteiger partial charge is 0.319 e. The first-order valence-corrected chi connectivity index (χ1v) is 8.48. The maximum absolute atomic E-state index is 12.0. The number of nitrogens with one attached hydrogen (secondary N) is 2. The van der Waals surface area contributed by atoms with Gasteiger partial charge in [0.25, 0.3) is 0 Å². The fourth-order valence-electron chi connectivity index (χ4n) is 2.37. The molecule has 1 unspecified atom stereocenters. The van der Waals surface area contributed by atoms with E-state index in [-0.39, 0.29) is 12.1 Å². The number of carbonyl (C=O) groups excluding carboxylic acids is 1. The van der Waals surface area contributed by atoms with E-state index in [2.05, 4.69) is 20.6 Å². The lowest BCUT2D eigenvalue weighted by molar-refractivity contribution is 0.251. The SMILES string of the molecule is O=C(NCc1ccc(CC2C=NC=N2)cc1)Nc1ccc(Cl)c(Cl)c1. The van der Waals surface area contributed by atoms with Crippen LogP contribution in [0.3, 0.4) is 0 Å². The van der Waals surface area contributed by atoms with Crippen molar-refractivity contribution in [1.29, 1.82) is 0 Å². The van der Waals surface area contributed by atoms with Gasteiger partial charge in [-0.15, -0.1) is 0 Å². The molecule has 2 amide bonds. The lowest BCUT2D eigenvalue weighted by Crippen LogP contribution is -2.28. The highest BCUT2D eigenvalue weighted by molar-refractivity contribution is 6.42. The Morgan fingerprint density at radius 2 is 1.80 bits per heavy atom. The molecular weight excluding hydrogens is 359 g/mol. The summed E-state index contributed by atoms with van der Waals surface area (Å²) in [4.78, 5) is 20.2. The van der Waals surface area contributed by atoms with Crippen LogP contribution in [0.15, 0.2) is 52.4 Å². The van der Waals surface area contributed by atoms with Crippen LogP contribution in [0.1, 0.15) is 11.1 Å². The first kappa shape index (κ1) is 17.5. The summed E-state index contributed by atoms with van der Waals surface area (Å²) in [6.45, 7) is 0.427. The van der Waals surface area contributed by atoms with Crippen LogP contribution in [0.4, 0.5) is 10.5 Å². The fraction of sp³-hybridized carbons (Fsp3) is 0.167. The van der Waals surface area contributed by atoms with Gasteiger partial charge in [-0.05, 0) is 35.7 Å². The van der Waals surface area contributed by atoms with Crippen molar-refractivity contribution in [3.8, 4) is 0 Å². The zero-order chi connectivity index (χ0) is 17.6. The number of urea groups is 1. The summed E-state index contributed by atoms with van der Waals surface area (Å²) in [5.74, 6) is 0. The minimum absolute atomic E-state index is 0.126. The van der Waals surface area contributed by atoms with Crippen molar-refractivity contribution in [3.63, 3.8) is 0 Å². The molecule has 128 valence electrons. The second kappa shape index (κ2) is 8.14. The van der Waals surface area contributed by atoms with Crippen molar-refractivity contribution in [1.82, 2.24) is 5.32 Å². The van der Waals surface area contributed by atoms with E-state index in [1.54, 1.807) is 24.5 Å². The van der Waals surface area contributed by atoms with Crippen LogP contribution in [0.5, 0.6) is 0 Å². The zero-order valence-electron chi connectivity index (χ0n) is 13.2. The number of hydrogen-bond donors (Lipinski definition) is 2. The molecule has 2 aromatic rings. The topological polar surface area (TPSA) is 65.8 Å². The Balaban J connectivity index is 1.48. The molecule has 5 nitrogen and oxygen atoms in total. The van der Waals surface area contributed by atoms with Crippen LogP contribution < -0.4 is 10.6 Å². The molecule has 2 N–H and O–H groups in total. The minimum atomic E-state index is -0.307. The molecule has 1 atom stereocenters. The third-order valence-electron chi connectivity index (χ3n) is 3.68. The van der Waals surface area contributed by atoms with Crippen molar-refractivity contribution in [2.75, 3.05) is 5.32 Å². The number of rotatable bonds is 5. The van der Waals surface area contributed by atoms with Gasteiger partial charge < -0.3 is 10.6 Å². The van der Waals surface area contributed by atoms with E-state index in [1.807, 2.05) is 30.5 Å². The monoisotopic (exact) mass is 374 g/mol. The molecule has 1 aliphatic heterocycles. The van der Waals surface area contributed by atoms with E-state index < -0.39 is 0 Å². The van der Waals surface area contributed by atoms with Gasteiger partial charge >= 0.3 is 6.03 Å². The Bertz CT molecular complexity index is 806. The molecule has 3 rings (SSSR count). The fourth-order valence-corrected chi connectivity index (χ4v) is 2.67. The highest BCUT2D eigenvalue weighted by Crippen LogP contribution is 2.24. The summed E-state index contributed by atoms with van der Waals surface area (Å²) >= 11 is 11.8. The summed E-state index contributed by atoms with van der Waals surface area (Å²) in [5, 5.41) is 6.36. The van der Waals surface area contributed by atoms with Gasteiger partial charge in [0.05, 0.1) is 16.1 Å².